The highest BCUT2D eigenvalue weighted by molar-refractivity contribution is 7.89. The van der Waals surface area contributed by atoms with E-state index >= 15 is 0 Å². The van der Waals surface area contributed by atoms with E-state index in [-0.39, 0.29) is 4.90 Å². The zero-order valence-electron chi connectivity index (χ0n) is 7.83. The minimum atomic E-state index is -3.35. The highest BCUT2D eigenvalue weighted by Gasteiger charge is 2.11. The molecular weight excluding hydrogens is 222 g/mol. The molecule has 1 aromatic rings. The number of sulfonamides is 1. The van der Waals surface area contributed by atoms with Gasteiger partial charge in [-0.25, -0.2) is 13.1 Å². The van der Waals surface area contributed by atoms with Gasteiger partial charge in [-0.1, -0.05) is 19.1 Å². The van der Waals surface area contributed by atoms with Crippen LogP contribution in [0.1, 0.15) is 12.5 Å². The maximum absolute atomic E-state index is 11.5. The lowest BCUT2D eigenvalue weighted by molar-refractivity contribution is 0.584. The van der Waals surface area contributed by atoms with Crippen LogP contribution in [-0.4, -0.2) is 15.0 Å². The fourth-order valence-corrected chi connectivity index (χ4v) is 2.35. The lowest BCUT2D eigenvalue weighted by atomic mass is 10.2. The molecule has 3 nitrogen and oxygen atoms in total. The summed E-state index contributed by atoms with van der Waals surface area (Å²) in [5.41, 5.74) is 0.797. The predicted octanol–water partition coefficient (Wildman–Crippen LogP) is 1.72. The van der Waals surface area contributed by atoms with Gasteiger partial charge in [0.15, 0.2) is 0 Å². The highest BCUT2D eigenvalue weighted by atomic mass is 35.5. The van der Waals surface area contributed by atoms with Crippen LogP contribution in [0.15, 0.2) is 29.2 Å². The Labute approximate surface area is 89.1 Å². The molecule has 0 spiro atoms. The Balaban J connectivity index is 3.07. The summed E-state index contributed by atoms with van der Waals surface area (Å²) >= 11 is 5.61. The first-order valence-electron chi connectivity index (χ1n) is 4.24. The molecule has 1 N–H and O–H groups in total. The van der Waals surface area contributed by atoms with Gasteiger partial charge in [0, 0.05) is 12.4 Å². The molecule has 14 heavy (non-hydrogen) atoms. The van der Waals surface area contributed by atoms with E-state index in [2.05, 4.69) is 4.72 Å². The number of rotatable bonds is 4. The van der Waals surface area contributed by atoms with Crippen molar-refractivity contribution in [1.82, 2.24) is 4.72 Å². The van der Waals surface area contributed by atoms with Gasteiger partial charge in [0.2, 0.25) is 10.0 Å². The molecule has 78 valence electrons. The van der Waals surface area contributed by atoms with Crippen molar-refractivity contribution in [3.05, 3.63) is 29.8 Å². The number of benzene rings is 1. The molecule has 0 unspecified atom stereocenters. The van der Waals surface area contributed by atoms with Crippen molar-refractivity contribution in [3.63, 3.8) is 0 Å². The quantitative estimate of drug-likeness (QED) is 0.805. The van der Waals surface area contributed by atoms with Crippen LogP contribution in [0.25, 0.3) is 0 Å². The fraction of sp³-hybridized carbons (Fsp3) is 0.333. The van der Waals surface area contributed by atoms with Crippen LogP contribution < -0.4 is 4.72 Å². The molecule has 0 fully saturated rings. The Hall–Kier alpha value is -0.580. The summed E-state index contributed by atoms with van der Waals surface area (Å²) in [5.74, 6) is 0.315. The summed E-state index contributed by atoms with van der Waals surface area (Å²) in [6, 6.07) is 6.60. The van der Waals surface area contributed by atoms with Crippen LogP contribution in [-0.2, 0) is 15.9 Å². The zero-order chi connectivity index (χ0) is 10.6. The molecule has 5 heteroatoms. The first-order chi connectivity index (χ1) is 6.60. The fourth-order valence-electron chi connectivity index (χ4n) is 1.07. The van der Waals surface area contributed by atoms with Crippen LogP contribution in [0.5, 0.6) is 0 Å². The molecule has 0 aliphatic rings. The molecule has 0 heterocycles. The molecule has 1 rings (SSSR count). The molecular formula is C9H12ClNO2S. The lowest BCUT2D eigenvalue weighted by Crippen LogP contribution is -2.23. The number of alkyl halides is 1. The molecule has 0 aliphatic heterocycles. The molecule has 0 saturated carbocycles. The summed E-state index contributed by atoms with van der Waals surface area (Å²) in [7, 11) is -3.35. The molecule has 0 bridgehead atoms. The summed E-state index contributed by atoms with van der Waals surface area (Å²) in [6.45, 7) is 2.12. The largest absolute Gasteiger partial charge is 0.240 e. The topological polar surface area (TPSA) is 46.2 Å². The molecule has 0 aliphatic carbocycles. The Kier molecular flexibility index (Phi) is 3.92. The van der Waals surface area contributed by atoms with Crippen LogP contribution in [0.4, 0.5) is 0 Å². The highest BCUT2D eigenvalue weighted by Crippen LogP contribution is 2.12. The first kappa shape index (κ1) is 11.5. The number of hydrogen-bond donors (Lipinski definition) is 1. The zero-order valence-corrected chi connectivity index (χ0v) is 9.40. The first-order valence-corrected chi connectivity index (χ1v) is 6.26. The number of halogens is 1. The number of hydrogen-bond acceptors (Lipinski definition) is 2. The second-order valence-corrected chi connectivity index (χ2v) is 4.82. The molecule has 1 aromatic carbocycles. The van der Waals surface area contributed by atoms with Gasteiger partial charge in [-0.3, -0.25) is 0 Å². The van der Waals surface area contributed by atoms with Crippen LogP contribution >= 0.6 is 11.6 Å². The molecule has 0 aromatic heterocycles. The van der Waals surface area contributed by atoms with Crippen molar-refractivity contribution in [2.24, 2.45) is 0 Å². The third kappa shape index (κ3) is 2.70. The van der Waals surface area contributed by atoms with Gasteiger partial charge >= 0.3 is 0 Å². The predicted molar refractivity (Wildman–Crippen MR) is 56.9 cm³/mol. The van der Waals surface area contributed by atoms with E-state index in [0.29, 0.717) is 12.4 Å². The van der Waals surface area contributed by atoms with Gasteiger partial charge in [-0.2, -0.15) is 0 Å². The Morgan fingerprint density at radius 1 is 1.43 bits per heavy atom. The van der Waals surface area contributed by atoms with E-state index in [4.69, 9.17) is 11.6 Å². The van der Waals surface area contributed by atoms with Crippen molar-refractivity contribution in [2.75, 3.05) is 6.54 Å². The van der Waals surface area contributed by atoms with Crippen molar-refractivity contribution >= 4 is 21.6 Å². The van der Waals surface area contributed by atoms with Crippen LogP contribution in [0.3, 0.4) is 0 Å². The second kappa shape index (κ2) is 4.77. The standard InChI is InChI=1S/C9H12ClNO2S/c1-2-11-14(12,13)9-5-3-4-8(6-9)7-10/h3-6,11H,2,7H2,1H3. The summed E-state index contributed by atoms with van der Waals surface area (Å²) in [6.07, 6.45) is 0. The van der Waals surface area contributed by atoms with Crippen LogP contribution in [0, 0.1) is 0 Å². The molecule has 0 radical (unpaired) electrons. The maximum Gasteiger partial charge on any atom is 0.240 e. The SMILES string of the molecule is CCNS(=O)(=O)c1cccc(CCl)c1. The van der Waals surface area contributed by atoms with Gasteiger partial charge < -0.3 is 0 Å². The van der Waals surface area contributed by atoms with Gasteiger partial charge in [0.25, 0.3) is 0 Å². The smallest absolute Gasteiger partial charge is 0.211 e. The third-order valence-electron chi connectivity index (χ3n) is 1.70. The lowest BCUT2D eigenvalue weighted by Gasteiger charge is -2.05. The van der Waals surface area contributed by atoms with E-state index in [0.717, 1.165) is 5.56 Å². The Morgan fingerprint density at radius 2 is 2.14 bits per heavy atom. The minimum Gasteiger partial charge on any atom is -0.211 e. The van der Waals surface area contributed by atoms with Gasteiger partial charge in [-0.05, 0) is 17.7 Å². The summed E-state index contributed by atoms with van der Waals surface area (Å²) in [5, 5.41) is 0. The molecule has 0 amide bonds. The Bertz CT molecular complexity index is 403. The monoisotopic (exact) mass is 233 g/mol. The van der Waals surface area contributed by atoms with Crippen LogP contribution in [0.2, 0.25) is 0 Å². The van der Waals surface area contributed by atoms with Gasteiger partial charge in [-0.15, -0.1) is 11.6 Å². The summed E-state index contributed by atoms with van der Waals surface area (Å²) in [4.78, 5) is 0.262. The molecule has 0 saturated heterocycles. The van der Waals surface area contributed by atoms with E-state index in [1.165, 1.54) is 0 Å². The van der Waals surface area contributed by atoms with Crippen molar-refractivity contribution in [3.8, 4) is 0 Å². The van der Waals surface area contributed by atoms with E-state index in [1.54, 1.807) is 31.2 Å². The maximum atomic E-state index is 11.5. The number of nitrogens with one attached hydrogen (secondary N) is 1. The second-order valence-electron chi connectivity index (χ2n) is 2.78. The molecule has 0 atom stereocenters. The average Bonchev–Trinajstić information content (AvgIpc) is 2.18. The van der Waals surface area contributed by atoms with E-state index in [9.17, 15) is 8.42 Å². The average molecular weight is 234 g/mol. The van der Waals surface area contributed by atoms with Crippen molar-refractivity contribution < 1.29 is 8.42 Å². The summed E-state index contributed by atoms with van der Waals surface area (Å²) < 4.78 is 25.5. The van der Waals surface area contributed by atoms with Gasteiger partial charge in [0.05, 0.1) is 4.90 Å². The third-order valence-corrected chi connectivity index (χ3v) is 3.55. The van der Waals surface area contributed by atoms with E-state index < -0.39 is 10.0 Å². The normalized spacial score (nSPS) is 11.6. The van der Waals surface area contributed by atoms with Crippen molar-refractivity contribution in [2.45, 2.75) is 17.7 Å². The van der Waals surface area contributed by atoms with E-state index in [1.807, 2.05) is 0 Å². The minimum absolute atomic E-state index is 0.262. The van der Waals surface area contributed by atoms with Gasteiger partial charge in [0.1, 0.15) is 0 Å². The van der Waals surface area contributed by atoms with Crippen molar-refractivity contribution in [1.29, 1.82) is 0 Å². The Morgan fingerprint density at radius 3 is 2.71 bits per heavy atom.